The topological polar surface area (TPSA) is 98.9 Å². The number of fused-ring (bicyclic) bond motifs is 2. The van der Waals surface area contributed by atoms with Crippen molar-refractivity contribution in [1.29, 1.82) is 0 Å². The summed E-state index contributed by atoms with van der Waals surface area (Å²) >= 11 is 5.99. The van der Waals surface area contributed by atoms with E-state index in [0.29, 0.717) is 63.4 Å². The van der Waals surface area contributed by atoms with Crippen molar-refractivity contribution in [1.82, 2.24) is 14.5 Å². The molecule has 1 fully saturated rings. The standard InChI is InChI=1S/C32H26ClF2N3O5/c1-32(28-8-6-19(33)15-36-28)42-27-4-2-3-21(30(27)43-32)18-11-23(34)22(24(35)12-18)14-29-37-25-7-5-17(31(39)40)13-26(25)38(29)16-20-9-10-41-20/h2-8,11-13,15,20,31,39-40H,9-10,14,16H2,1H3/t20-,32?/m0/s1. The van der Waals surface area contributed by atoms with Gasteiger partial charge in [-0.1, -0.05) is 29.8 Å². The Morgan fingerprint density at radius 1 is 1.07 bits per heavy atom. The second kappa shape index (κ2) is 10.6. The molecular weight excluding hydrogens is 580 g/mol. The zero-order valence-electron chi connectivity index (χ0n) is 22.9. The Hall–Kier alpha value is -4.09. The number of ether oxygens (including phenoxy) is 3. The molecule has 0 bridgehead atoms. The largest absolute Gasteiger partial charge is 0.443 e. The number of aromatic nitrogens is 3. The van der Waals surface area contributed by atoms with Gasteiger partial charge < -0.3 is 29.0 Å². The second-order valence-corrected chi connectivity index (χ2v) is 11.2. The summed E-state index contributed by atoms with van der Waals surface area (Å²) in [7, 11) is 0. The lowest BCUT2D eigenvalue weighted by Gasteiger charge is -2.27. The lowest BCUT2D eigenvalue weighted by Crippen LogP contribution is -2.32. The van der Waals surface area contributed by atoms with Gasteiger partial charge in [0.15, 0.2) is 17.8 Å². The fraction of sp³-hybridized carbons (Fsp3) is 0.250. The van der Waals surface area contributed by atoms with E-state index in [1.165, 1.54) is 18.3 Å². The molecule has 220 valence electrons. The van der Waals surface area contributed by atoms with Gasteiger partial charge in [0.05, 0.1) is 28.7 Å². The van der Waals surface area contributed by atoms with Crippen LogP contribution in [0.4, 0.5) is 8.78 Å². The molecule has 2 atom stereocenters. The van der Waals surface area contributed by atoms with Crippen molar-refractivity contribution in [2.75, 3.05) is 6.61 Å². The highest BCUT2D eigenvalue weighted by molar-refractivity contribution is 6.30. The van der Waals surface area contributed by atoms with Crippen LogP contribution in [-0.4, -0.2) is 37.5 Å². The molecule has 11 heteroatoms. The van der Waals surface area contributed by atoms with E-state index in [4.69, 9.17) is 25.8 Å². The summed E-state index contributed by atoms with van der Waals surface area (Å²) in [6.07, 6.45) is 0.493. The highest BCUT2D eigenvalue weighted by Gasteiger charge is 2.41. The Kier molecular flexibility index (Phi) is 6.81. The molecular formula is C32H26ClF2N3O5. The molecule has 1 unspecified atom stereocenters. The minimum absolute atomic E-state index is 0.0629. The van der Waals surface area contributed by atoms with E-state index < -0.39 is 23.7 Å². The molecule has 5 aromatic rings. The Labute approximate surface area is 250 Å². The molecule has 2 N–H and O–H groups in total. The second-order valence-electron chi connectivity index (χ2n) is 10.8. The SMILES string of the molecule is CC1(c2ccc(Cl)cn2)Oc2cccc(-c3cc(F)c(Cc4nc5ccc(C(O)O)cc5n4C[C@@H]4CCO4)c(F)c3)c2O1. The van der Waals surface area contributed by atoms with Crippen LogP contribution in [0.2, 0.25) is 5.02 Å². The maximum Gasteiger partial charge on any atom is 0.292 e. The number of nitrogens with zero attached hydrogens (tertiary/aromatic N) is 3. The van der Waals surface area contributed by atoms with Crippen molar-refractivity contribution in [2.45, 2.75) is 44.5 Å². The molecule has 3 aromatic carbocycles. The van der Waals surface area contributed by atoms with Crippen molar-refractivity contribution >= 4 is 22.6 Å². The molecule has 0 amide bonds. The van der Waals surface area contributed by atoms with Gasteiger partial charge in [-0.25, -0.2) is 13.8 Å². The lowest BCUT2D eigenvalue weighted by atomic mass is 10.00. The van der Waals surface area contributed by atoms with Crippen LogP contribution in [0.3, 0.4) is 0 Å². The minimum Gasteiger partial charge on any atom is -0.443 e. The Morgan fingerprint density at radius 2 is 1.86 bits per heavy atom. The van der Waals surface area contributed by atoms with Gasteiger partial charge in [0.25, 0.3) is 5.79 Å². The van der Waals surface area contributed by atoms with E-state index in [1.807, 2.05) is 4.57 Å². The molecule has 2 aliphatic heterocycles. The van der Waals surface area contributed by atoms with Crippen LogP contribution in [0.25, 0.3) is 22.2 Å². The van der Waals surface area contributed by atoms with Crippen LogP contribution in [0.5, 0.6) is 11.5 Å². The van der Waals surface area contributed by atoms with E-state index in [-0.39, 0.29) is 23.7 Å². The van der Waals surface area contributed by atoms with Crippen LogP contribution < -0.4 is 9.47 Å². The summed E-state index contributed by atoms with van der Waals surface area (Å²) < 4.78 is 51.2. The van der Waals surface area contributed by atoms with Crippen LogP contribution in [0.1, 0.15) is 42.3 Å². The van der Waals surface area contributed by atoms with Gasteiger partial charge in [-0.3, -0.25) is 4.98 Å². The van der Waals surface area contributed by atoms with Gasteiger partial charge in [-0.05, 0) is 54.4 Å². The van der Waals surface area contributed by atoms with Crippen LogP contribution >= 0.6 is 11.6 Å². The molecule has 43 heavy (non-hydrogen) atoms. The third-order valence-electron chi connectivity index (χ3n) is 7.89. The van der Waals surface area contributed by atoms with Gasteiger partial charge in [-0.2, -0.15) is 0 Å². The lowest BCUT2D eigenvalue weighted by molar-refractivity contribution is -0.0715. The highest BCUT2D eigenvalue weighted by Crippen LogP contribution is 2.49. The quantitative estimate of drug-likeness (QED) is 0.218. The Morgan fingerprint density at radius 3 is 2.53 bits per heavy atom. The molecule has 0 radical (unpaired) electrons. The number of hydrogen-bond donors (Lipinski definition) is 2. The molecule has 0 saturated carbocycles. The van der Waals surface area contributed by atoms with Gasteiger partial charge >= 0.3 is 0 Å². The van der Waals surface area contributed by atoms with Crippen molar-refractivity contribution in [2.24, 2.45) is 0 Å². The van der Waals surface area contributed by atoms with E-state index >= 15 is 8.78 Å². The maximum atomic E-state index is 15.7. The molecule has 7 rings (SSSR count). The predicted octanol–water partition coefficient (Wildman–Crippen LogP) is 6.04. The van der Waals surface area contributed by atoms with Gasteiger partial charge in [0.1, 0.15) is 23.2 Å². The molecule has 2 aliphatic rings. The molecule has 4 heterocycles. The van der Waals surface area contributed by atoms with E-state index in [9.17, 15) is 10.2 Å². The smallest absolute Gasteiger partial charge is 0.292 e. The van der Waals surface area contributed by atoms with Gasteiger partial charge in [-0.15, -0.1) is 0 Å². The number of para-hydroxylation sites is 1. The van der Waals surface area contributed by atoms with E-state index in [0.717, 1.165) is 6.42 Å². The summed E-state index contributed by atoms with van der Waals surface area (Å²) in [6.45, 7) is 2.78. The van der Waals surface area contributed by atoms with Crippen molar-refractivity contribution in [3.8, 4) is 22.6 Å². The number of benzene rings is 3. The monoisotopic (exact) mass is 605 g/mol. The molecule has 2 aromatic heterocycles. The fourth-order valence-corrected chi connectivity index (χ4v) is 5.62. The van der Waals surface area contributed by atoms with Crippen LogP contribution in [-0.2, 0) is 23.5 Å². The normalized spacial score (nSPS) is 19.3. The molecule has 1 saturated heterocycles. The van der Waals surface area contributed by atoms with Gasteiger partial charge in [0.2, 0.25) is 0 Å². The highest BCUT2D eigenvalue weighted by atomic mass is 35.5. The Bertz CT molecular complexity index is 1840. The Balaban J connectivity index is 1.23. The zero-order valence-corrected chi connectivity index (χ0v) is 23.7. The van der Waals surface area contributed by atoms with Crippen LogP contribution in [0.15, 0.2) is 66.9 Å². The number of imidazole rings is 1. The summed E-state index contributed by atoms with van der Waals surface area (Å²) in [5.74, 6) is -1.53. The third kappa shape index (κ3) is 5.00. The van der Waals surface area contributed by atoms with E-state index in [1.54, 1.807) is 55.5 Å². The number of aliphatic hydroxyl groups excluding tert-OH is 1. The van der Waals surface area contributed by atoms with Crippen molar-refractivity contribution < 1.29 is 33.2 Å². The average molecular weight is 606 g/mol. The predicted molar refractivity (Wildman–Crippen MR) is 154 cm³/mol. The van der Waals surface area contributed by atoms with Crippen molar-refractivity contribution in [3.63, 3.8) is 0 Å². The summed E-state index contributed by atoms with van der Waals surface area (Å²) in [4.78, 5) is 8.96. The van der Waals surface area contributed by atoms with Gasteiger partial charge in [0, 0.05) is 42.8 Å². The maximum absolute atomic E-state index is 15.7. The summed E-state index contributed by atoms with van der Waals surface area (Å²) in [6, 6.07) is 15.9. The van der Waals surface area contributed by atoms with Crippen molar-refractivity contribution in [3.05, 3.63) is 106 Å². The first kappa shape index (κ1) is 27.7. The zero-order chi connectivity index (χ0) is 29.9. The number of aliphatic hydroxyl groups is 2. The molecule has 8 nitrogen and oxygen atoms in total. The number of hydrogen-bond acceptors (Lipinski definition) is 7. The molecule has 0 spiro atoms. The first-order chi connectivity index (χ1) is 20.7. The van der Waals surface area contributed by atoms with Crippen LogP contribution in [0, 0.1) is 11.6 Å². The third-order valence-corrected chi connectivity index (χ3v) is 8.11. The summed E-state index contributed by atoms with van der Waals surface area (Å²) in [5, 5.41) is 19.8. The number of halogens is 3. The number of rotatable bonds is 7. The van der Waals surface area contributed by atoms with E-state index in [2.05, 4.69) is 9.97 Å². The first-order valence-corrected chi connectivity index (χ1v) is 14.1. The number of pyridine rings is 1. The minimum atomic E-state index is -1.66. The average Bonchev–Trinajstić information content (AvgIpc) is 3.49. The first-order valence-electron chi connectivity index (χ1n) is 13.8. The molecule has 0 aliphatic carbocycles. The fourth-order valence-electron chi connectivity index (χ4n) is 5.51. The summed E-state index contributed by atoms with van der Waals surface area (Å²) in [5.41, 5.74) is 2.59.